The molecule has 0 spiro atoms. The molecule has 57 heavy (non-hydrogen) atoms. The van der Waals surface area contributed by atoms with Crippen molar-refractivity contribution in [3.63, 3.8) is 0 Å². The van der Waals surface area contributed by atoms with Gasteiger partial charge in [-0.25, -0.2) is 22.9 Å². The van der Waals surface area contributed by atoms with E-state index in [0.29, 0.717) is 11.3 Å². The fraction of sp³-hybridized carbons (Fsp3) is 0.304. The van der Waals surface area contributed by atoms with Gasteiger partial charge in [0.15, 0.2) is 8.32 Å². The lowest BCUT2D eigenvalue weighted by atomic mass is 9.85. The van der Waals surface area contributed by atoms with Gasteiger partial charge in [0.25, 0.3) is 0 Å². The highest BCUT2D eigenvalue weighted by molar-refractivity contribution is 6.74. The van der Waals surface area contributed by atoms with Crippen LogP contribution in [0.1, 0.15) is 74.1 Å². The van der Waals surface area contributed by atoms with Crippen LogP contribution >= 0.6 is 0 Å². The highest BCUT2D eigenvalue weighted by Crippen LogP contribution is 2.43. The number of carbonyl (C=O) groups is 2. The van der Waals surface area contributed by atoms with Crippen LogP contribution in [-0.4, -0.2) is 31.8 Å². The zero-order chi connectivity index (χ0) is 40.7. The molecule has 2 amide bonds. The van der Waals surface area contributed by atoms with Crippen molar-refractivity contribution >= 4 is 26.0 Å². The fourth-order valence-electron chi connectivity index (χ4n) is 6.74. The molecule has 298 valence electrons. The van der Waals surface area contributed by atoms with E-state index in [1.165, 1.54) is 42.5 Å². The third-order valence-electron chi connectivity index (χ3n) is 11.0. The molecule has 0 aromatic heterocycles. The number of imide groups is 1. The summed E-state index contributed by atoms with van der Waals surface area (Å²) >= 11 is 0. The smallest absolute Gasteiger partial charge is 0.417 e. The van der Waals surface area contributed by atoms with Gasteiger partial charge in [0, 0.05) is 17.3 Å². The molecule has 0 radical (unpaired) electrons. The first-order valence-electron chi connectivity index (χ1n) is 19.2. The van der Waals surface area contributed by atoms with Crippen molar-refractivity contribution < 1.29 is 36.7 Å². The zero-order valence-electron chi connectivity index (χ0n) is 32.9. The summed E-state index contributed by atoms with van der Waals surface area (Å²) < 4.78 is 63.4. The van der Waals surface area contributed by atoms with Gasteiger partial charge in [-0.3, -0.25) is 4.79 Å². The third kappa shape index (κ3) is 10.1. The van der Waals surface area contributed by atoms with Gasteiger partial charge in [-0.1, -0.05) is 99.6 Å². The Balaban J connectivity index is 1.43. The van der Waals surface area contributed by atoms with Crippen LogP contribution in [0, 0.1) is 23.4 Å². The van der Waals surface area contributed by atoms with Crippen molar-refractivity contribution in [1.29, 1.82) is 0 Å². The van der Waals surface area contributed by atoms with Crippen molar-refractivity contribution in [2.24, 2.45) is 5.92 Å². The van der Waals surface area contributed by atoms with Crippen LogP contribution < -0.4 is 10.1 Å². The summed E-state index contributed by atoms with van der Waals surface area (Å²) in [5.74, 6) is -2.90. The maximum atomic E-state index is 16.6. The molecule has 0 aliphatic carbocycles. The molecule has 1 heterocycles. The van der Waals surface area contributed by atoms with E-state index in [1.54, 1.807) is 24.3 Å². The molecule has 2 unspecified atom stereocenters. The average molecular weight is 795 g/mol. The lowest BCUT2D eigenvalue weighted by Crippen LogP contribution is -2.43. The zero-order valence-corrected chi connectivity index (χ0v) is 33.9. The summed E-state index contributed by atoms with van der Waals surface area (Å²) in [7, 11) is -2.45. The van der Waals surface area contributed by atoms with Crippen LogP contribution in [0.3, 0.4) is 0 Å². The molecule has 4 atom stereocenters. The lowest BCUT2D eigenvalue weighted by Gasteiger charge is -2.40. The van der Waals surface area contributed by atoms with Gasteiger partial charge in [0.05, 0.1) is 18.1 Å². The number of nitrogens with zero attached hydrogens (tertiary/aromatic N) is 1. The molecule has 1 aliphatic rings. The number of hydrogen-bond acceptors (Lipinski definition) is 6. The van der Waals surface area contributed by atoms with Crippen molar-refractivity contribution in [2.75, 3.05) is 11.9 Å². The molecule has 1 fully saturated rings. The van der Waals surface area contributed by atoms with Crippen molar-refractivity contribution in [2.45, 2.75) is 76.5 Å². The summed E-state index contributed by atoms with van der Waals surface area (Å²) in [6.07, 6.45) is -1.01. The van der Waals surface area contributed by atoms with Gasteiger partial charge >= 0.3 is 6.09 Å². The van der Waals surface area contributed by atoms with Crippen LogP contribution in [0.2, 0.25) is 18.1 Å². The number of amides is 2. The van der Waals surface area contributed by atoms with Crippen LogP contribution in [0.5, 0.6) is 5.75 Å². The van der Waals surface area contributed by atoms with Crippen LogP contribution in [0.25, 0.3) is 0 Å². The number of carbonyl (C=O) groups excluding carboxylic acids is 2. The molecule has 1 aliphatic heterocycles. The average Bonchev–Trinajstić information content (AvgIpc) is 3.58. The SMILES string of the molecule is CC(C)(C)[Si](C)(C)OC(CC[C@H](C(=O)N1C(=O)OC[C@@H]1c1ccccc1)C(Nc1ccc(F)cc1)c1ccc(OCc2ccccc2)cc1F)c1ccc(F)cc1. The second-order valence-electron chi connectivity index (χ2n) is 15.9. The fourth-order valence-corrected chi connectivity index (χ4v) is 8.06. The Labute approximate surface area is 333 Å². The Bertz CT molecular complexity index is 2110. The van der Waals surface area contributed by atoms with Gasteiger partial charge in [0.1, 0.15) is 42.5 Å². The van der Waals surface area contributed by atoms with E-state index in [-0.39, 0.29) is 42.4 Å². The summed E-state index contributed by atoms with van der Waals surface area (Å²) in [5, 5.41) is 3.15. The van der Waals surface area contributed by atoms with E-state index in [4.69, 9.17) is 13.9 Å². The third-order valence-corrected chi connectivity index (χ3v) is 15.4. The first-order chi connectivity index (χ1) is 27.2. The minimum absolute atomic E-state index is 0.0497. The van der Waals surface area contributed by atoms with Gasteiger partial charge in [-0.05, 0) is 90.1 Å². The highest BCUT2D eigenvalue weighted by Gasteiger charge is 2.45. The van der Waals surface area contributed by atoms with Gasteiger partial charge in [-0.2, -0.15) is 0 Å². The number of nitrogens with one attached hydrogen (secondary N) is 1. The van der Waals surface area contributed by atoms with Crippen molar-refractivity contribution in [3.8, 4) is 5.75 Å². The van der Waals surface area contributed by atoms with Crippen molar-refractivity contribution in [3.05, 3.63) is 167 Å². The maximum absolute atomic E-state index is 16.6. The number of benzene rings is 5. The number of anilines is 1. The van der Waals surface area contributed by atoms with E-state index < -0.39 is 61.9 Å². The Hall–Kier alpha value is -5.39. The quantitative estimate of drug-likeness (QED) is 0.106. The first kappa shape index (κ1) is 41.2. The summed E-state index contributed by atoms with van der Waals surface area (Å²) in [6.45, 7) is 10.8. The molecular weight excluding hydrogens is 746 g/mol. The minimum atomic E-state index is -2.45. The highest BCUT2D eigenvalue weighted by atomic mass is 28.4. The Kier molecular flexibility index (Phi) is 12.9. The predicted molar refractivity (Wildman–Crippen MR) is 217 cm³/mol. The Morgan fingerprint density at radius 2 is 1.46 bits per heavy atom. The molecular formula is C46H49F3N2O5Si. The molecule has 1 saturated heterocycles. The number of ether oxygens (including phenoxy) is 2. The second-order valence-corrected chi connectivity index (χ2v) is 20.7. The first-order valence-corrected chi connectivity index (χ1v) is 22.1. The second kappa shape index (κ2) is 17.8. The minimum Gasteiger partial charge on any atom is -0.489 e. The summed E-state index contributed by atoms with van der Waals surface area (Å²) in [6, 6.07) is 33.0. The Morgan fingerprint density at radius 1 is 0.842 bits per heavy atom. The molecule has 11 heteroatoms. The number of halogens is 3. The summed E-state index contributed by atoms with van der Waals surface area (Å²) in [5.41, 5.74) is 2.90. The molecule has 5 aromatic rings. The van der Waals surface area contributed by atoms with E-state index in [0.717, 1.165) is 16.0 Å². The van der Waals surface area contributed by atoms with Gasteiger partial charge < -0.3 is 19.2 Å². The standard InChI is InChI=1S/C46H49F3N2O5Si/c1-46(2,3)57(4,5)56-42(33-16-18-34(47)19-17-33)27-26-39(44(52)51-41(30-55-45(51)53)32-14-10-7-11-15-32)43(50-36-22-20-35(48)21-23-36)38-25-24-37(28-40(38)49)54-29-31-12-8-6-9-13-31/h6-25,28,39,41-43,50H,26-27,29-30H2,1-5H3/t39-,41+,42?,43?/m0/s1. The van der Waals surface area contributed by atoms with E-state index in [2.05, 4.69) is 39.2 Å². The summed E-state index contributed by atoms with van der Waals surface area (Å²) in [4.78, 5) is 29.8. The van der Waals surface area contributed by atoms with Crippen molar-refractivity contribution in [1.82, 2.24) is 4.90 Å². The number of hydrogen-bond donors (Lipinski definition) is 1. The largest absolute Gasteiger partial charge is 0.489 e. The predicted octanol–water partition coefficient (Wildman–Crippen LogP) is 11.7. The molecule has 5 aromatic carbocycles. The van der Waals surface area contributed by atoms with Crippen LogP contribution in [0.15, 0.2) is 127 Å². The maximum Gasteiger partial charge on any atom is 0.417 e. The van der Waals surface area contributed by atoms with Gasteiger partial charge in [-0.15, -0.1) is 0 Å². The van der Waals surface area contributed by atoms with Crippen LogP contribution in [0.4, 0.5) is 23.7 Å². The molecule has 1 N–H and O–H groups in total. The van der Waals surface area contributed by atoms with E-state index in [1.807, 2.05) is 60.7 Å². The Morgan fingerprint density at radius 3 is 2.07 bits per heavy atom. The number of rotatable bonds is 15. The number of cyclic esters (lactones) is 1. The lowest BCUT2D eigenvalue weighted by molar-refractivity contribution is -0.134. The normalized spacial score (nSPS) is 16.1. The molecule has 0 saturated carbocycles. The molecule has 0 bridgehead atoms. The van der Waals surface area contributed by atoms with Gasteiger partial charge in [0.2, 0.25) is 5.91 Å². The van der Waals surface area contributed by atoms with Crippen LogP contribution in [-0.2, 0) is 20.6 Å². The molecule has 6 rings (SSSR count). The topological polar surface area (TPSA) is 77.1 Å². The van der Waals surface area contributed by atoms with E-state index in [9.17, 15) is 13.6 Å². The molecule has 7 nitrogen and oxygen atoms in total. The monoisotopic (exact) mass is 794 g/mol. The van der Waals surface area contributed by atoms with E-state index >= 15 is 9.18 Å².